The van der Waals surface area contributed by atoms with Crippen LogP contribution in [0.15, 0.2) is 0 Å². The van der Waals surface area contributed by atoms with E-state index in [4.69, 9.17) is 4.74 Å². The van der Waals surface area contributed by atoms with Gasteiger partial charge in [-0.1, -0.05) is 19.3 Å². The molecule has 16 heavy (non-hydrogen) atoms. The highest BCUT2D eigenvalue weighted by Crippen LogP contribution is 2.31. The summed E-state index contributed by atoms with van der Waals surface area (Å²) in [6.07, 6.45) is 6.95. The third kappa shape index (κ3) is 2.76. The molecule has 2 aliphatic rings. The van der Waals surface area contributed by atoms with Crippen LogP contribution in [0.25, 0.3) is 0 Å². The lowest BCUT2D eigenvalue weighted by Crippen LogP contribution is -2.42. The lowest BCUT2D eigenvalue weighted by Gasteiger charge is -2.34. The molecule has 2 rings (SSSR count). The summed E-state index contributed by atoms with van der Waals surface area (Å²) in [4.78, 5) is 2.41. The maximum atomic E-state index is 9.17. The monoisotopic (exact) mass is 227 g/mol. The van der Waals surface area contributed by atoms with Gasteiger partial charge in [0.2, 0.25) is 0 Å². The molecule has 1 unspecified atom stereocenters. The summed E-state index contributed by atoms with van der Waals surface area (Å²) < 4.78 is 5.83. The van der Waals surface area contributed by atoms with Crippen molar-refractivity contribution in [2.45, 2.75) is 57.8 Å². The SMILES string of the molecule is CC1(C)OC(CO)CN1CC1CCCCC1. The van der Waals surface area contributed by atoms with Gasteiger partial charge in [-0.2, -0.15) is 0 Å². The topological polar surface area (TPSA) is 32.7 Å². The molecule has 1 saturated carbocycles. The van der Waals surface area contributed by atoms with Crippen molar-refractivity contribution < 1.29 is 9.84 Å². The number of hydrogen-bond donors (Lipinski definition) is 1. The minimum atomic E-state index is -0.190. The minimum absolute atomic E-state index is 0.0126. The van der Waals surface area contributed by atoms with E-state index in [0.717, 1.165) is 19.0 Å². The lowest BCUT2D eigenvalue weighted by molar-refractivity contribution is -0.0892. The van der Waals surface area contributed by atoms with Crippen molar-refractivity contribution in [3.63, 3.8) is 0 Å². The molecule has 2 fully saturated rings. The van der Waals surface area contributed by atoms with E-state index in [-0.39, 0.29) is 18.4 Å². The third-order valence-electron chi connectivity index (χ3n) is 4.05. The summed E-state index contributed by atoms with van der Waals surface area (Å²) in [5, 5.41) is 9.17. The first-order chi connectivity index (χ1) is 7.62. The quantitative estimate of drug-likeness (QED) is 0.800. The zero-order valence-corrected chi connectivity index (χ0v) is 10.6. The zero-order chi connectivity index (χ0) is 11.6. The van der Waals surface area contributed by atoms with E-state index in [1.807, 2.05) is 0 Å². The van der Waals surface area contributed by atoms with Crippen LogP contribution in [0.1, 0.15) is 46.0 Å². The van der Waals surface area contributed by atoms with Gasteiger partial charge in [0.25, 0.3) is 0 Å². The number of ether oxygens (including phenoxy) is 1. The first kappa shape index (κ1) is 12.3. The Morgan fingerprint density at radius 3 is 2.50 bits per heavy atom. The molecule has 1 heterocycles. The van der Waals surface area contributed by atoms with Crippen molar-refractivity contribution in [2.24, 2.45) is 5.92 Å². The summed E-state index contributed by atoms with van der Waals surface area (Å²) in [5.41, 5.74) is -0.190. The average Bonchev–Trinajstić information content (AvgIpc) is 2.55. The zero-order valence-electron chi connectivity index (χ0n) is 10.6. The molecule has 3 heteroatoms. The van der Waals surface area contributed by atoms with Crippen LogP contribution in [0.3, 0.4) is 0 Å². The summed E-state index contributed by atoms with van der Waals surface area (Å²) in [6, 6.07) is 0. The van der Waals surface area contributed by atoms with Crippen LogP contribution < -0.4 is 0 Å². The summed E-state index contributed by atoms with van der Waals surface area (Å²) in [7, 11) is 0. The van der Waals surface area contributed by atoms with Crippen LogP contribution in [-0.2, 0) is 4.74 Å². The second-order valence-electron chi connectivity index (χ2n) is 5.78. The van der Waals surface area contributed by atoms with E-state index in [9.17, 15) is 5.11 Å². The normalized spacial score (nSPS) is 32.1. The van der Waals surface area contributed by atoms with Gasteiger partial charge in [0.05, 0.1) is 12.7 Å². The average molecular weight is 227 g/mol. The second-order valence-corrected chi connectivity index (χ2v) is 5.78. The fraction of sp³-hybridized carbons (Fsp3) is 1.00. The van der Waals surface area contributed by atoms with Crippen molar-refractivity contribution in [3.8, 4) is 0 Å². The number of nitrogens with zero attached hydrogens (tertiary/aromatic N) is 1. The Labute approximate surface area is 98.8 Å². The molecule has 0 amide bonds. The molecule has 1 saturated heterocycles. The number of aliphatic hydroxyl groups excluding tert-OH is 1. The van der Waals surface area contributed by atoms with Crippen LogP contribution in [0, 0.1) is 5.92 Å². The Morgan fingerprint density at radius 2 is 1.94 bits per heavy atom. The molecule has 1 N–H and O–H groups in total. The molecule has 94 valence electrons. The van der Waals surface area contributed by atoms with Crippen molar-refractivity contribution in [3.05, 3.63) is 0 Å². The van der Waals surface area contributed by atoms with Crippen LogP contribution in [0.5, 0.6) is 0 Å². The first-order valence-electron chi connectivity index (χ1n) is 6.65. The largest absolute Gasteiger partial charge is 0.394 e. The van der Waals surface area contributed by atoms with Gasteiger partial charge < -0.3 is 9.84 Å². The number of hydrogen-bond acceptors (Lipinski definition) is 3. The molecule has 1 aliphatic carbocycles. The minimum Gasteiger partial charge on any atom is -0.394 e. The predicted octanol–water partition coefficient (Wildman–Crippen LogP) is 2.00. The highest BCUT2D eigenvalue weighted by molar-refractivity contribution is 4.85. The van der Waals surface area contributed by atoms with Crippen LogP contribution >= 0.6 is 0 Å². The molecule has 0 aromatic heterocycles. The molecule has 0 spiro atoms. The maximum absolute atomic E-state index is 9.17. The van der Waals surface area contributed by atoms with E-state index in [0.29, 0.717) is 0 Å². The number of aliphatic hydroxyl groups is 1. The van der Waals surface area contributed by atoms with Gasteiger partial charge in [-0.25, -0.2) is 0 Å². The highest BCUT2D eigenvalue weighted by atomic mass is 16.5. The van der Waals surface area contributed by atoms with Gasteiger partial charge in [0.15, 0.2) is 0 Å². The predicted molar refractivity (Wildman–Crippen MR) is 64.2 cm³/mol. The van der Waals surface area contributed by atoms with Gasteiger partial charge in [0.1, 0.15) is 5.72 Å². The van der Waals surface area contributed by atoms with Gasteiger partial charge in [-0.3, -0.25) is 4.90 Å². The van der Waals surface area contributed by atoms with Crippen molar-refractivity contribution >= 4 is 0 Å². The van der Waals surface area contributed by atoms with E-state index < -0.39 is 0 Å². The third-order valence-corrected chi connectivity index (χ3v) is 4.05. The van der Waals surface area contributed by atoms with Gasteiger partial charge >= 0.3 is 0 Å². The molecular formula is C13H25NO2. The smallest absolute Gasteiger partial charge is 0.116 e. The molecule has 0 aromatic rings. The second kappa shape index (κ2) is 5.03. The van der Waals surface area contributed by atoms with Gasteiger partial charge in [0, 0.05) is 13.1 Å². The van der Waals surface area contributed by atoms with E-state index in [2.05, 4.69) is 18.7 Å². The molecule has 1 aliphatic heterocycles. The van der Waals surface area contributed by atoms with Gasteiger partial charge in [-0.15, -0.1) is 0 Å². The summed E-state index contributed by atoms with van der Waals surface area (Å²) in [5.74, 6) is 0.842. The molecule has 3 nitrogen and oxygen atoms in total. The van der Waals surface area contributed by atoms with Crippen LogP contribution in [0.4, 0.5) is 0 Å². The Bertz CT molecular complexity index is 224. The molecule has 0 aromatic carbocycles. The standard InChI is InChI=1S/C13H25NO2/c1-13(2)14(9-12(10-15)16-13)8-11-6-4-3-5-7-11/h11-12,15H,3-10H2,1-2H3. The first-order valence-corrected chi connectivity index (χ1v) is 6.65. The van der Waals surface area contributed by atoms with Gasteiger partial charge in [-0.05, 0) is 32.6 Å². The highest BCUT2D eigenvalue weighted by Gasteiger charge is 2.39. The van der Waals surface area contributed by atoms with E-state index in [1.165, 1.54) is 32.1 Å². The van der Waals surface area contributed by atoms with Crippen molar-refractivity contribution in [2.75, 3.05) is 19.7 Å². The molecular weight excluding hydrogens is 202 g/mol. The lowest BCUT2D eigenvalue weighted by atomic mass is 9.88. The van der Waals surface area contributed by atoms with Crippen LogP contribution in [-0.4, -0.2) is 41.5 Å². The Hall–Kier alpha value is -0.120. The Balaban J connectivity index is 1.88. The molecule has 1 atom stereocenters. The Morgan fingerprint density at radius 1 is 1.25 bits per heavy atom. The maximum Gasteiger partial charge on any atom is 0.116 e. The number of rotatable bonds is 3. The summed E-state index contributed by atoms with van der Waals surface area (Å²) in [6.45, 7) is 6.41. The van der Waals surface area contributed by atoms with Crippen molar-refractivity contribution in [1.29, 1.82) is 0 Å². The van der Waals surface area contributed by atoms with E-state index in [1.54, 1.807) is 0 Å². The molecule has 0 radical (unpaired) electrons. The fourth-order valence-corrected chi connectivity index (χ4v) is 3.06. The van der Waals surface area contributed by atoms with Crippen molar-refractivity contribution in [1.82, 2.24) is 4.90 Å². The fourth-order valence-electron chi connectivity index (χ4n) is 3.06. The molecule has 0 bridgehead atoms. The van der Waals surface area contributed by atoms with Crippen LogP contribution in [0.2, 0.25) is 0 Å². The summed E-state index contributed by atoms with van der Waals surface area (Å²) >= 11 is 0. The van der Waals surface area contributed by atoms with E-state index >= 15 is 0 Å². The Kier molecular flexibility index (Phi) is 3.88.